The molecule has 0 fully saturated rings. The molecule has 0 unspecified atom stereocenters. The number of hydrogen-bond donors (Lipinski definition) is 0. The van der Waals surface area contributed by atoms with Crippen LogP contribution in [0, 0.1) is 26.6 Å². The second-order valence-corrected chi connectivity index (χ2v) is 8.79. The zero-order chi connectivity index (χ0) is 21.3. The van der Waals surface area contributed by atoms with Gasteiger partial charge in [0.05, 0.1) is 22.9 Å². The maximum absolute atomic E-state index is 13.2. The lowest BCUT2D eigenvalue weighted by Gasteiger charge is -2.09. The zero-order valence-electron chi connectivity index (χ0n) is 16.7. The summed E-state index contributed by atoms with van der Waals surface area (Å²) >= 11 is 2.79. The summed E-state index contributed by atoms with van der Waals surface area (Å²) in [7, 11) is 0. The number of ketones is 1. The van der Waals surface area contributed by atoms with Crippen LogP contribution in [-0.4, -0.2) is 31.3 Å². The predicted octanol–water partition coefficient (Wildman–Crippen LogP) is 4.95. The lowest BCUT2D eigenvalue weighted by molar-refractivity contribution is 0.102. The predicted molar refractivity (Wildman–Crippen MR) is 114 cm³/mol. The first-order valence-corrected chi connectivity index (χ1v) is 11.1. The SMILES string of the molecule is Cc1nc(Cc2nnc(SCC(=O)c3cc(C)n(-c4ccc(F)cc4)c3C)o2)cs1. The van der Waals surface area contributed by atoms with Crippen molar-refractivity contribution in [1.82, 2.24) is 19.7 Å². The molecule has 0 bridgehead atoms. The van der Waals surface area contributed by atoms with E-state index in [1.54, 1.807) is 23.5 Å². The molecule has 6 nitrogen and oxygen atoms in total. The third-order valence-corrected chi connectivity index (χ3v) is 6.23. The van der Waals surface area contributed by atoms with E-state index in [4.69, 9.17) is 4.42 Å². The van der Waals surface area contributed by atoms with E-state index >= 15 is 0 Å². The third-order valence-electron chi connectivity index (χ3n) is 4.59. The monoisotopic (exact) mass is 442 g/mol. The Hall–Kier alpha value is -2.78. The van der Waals surface area contributed by atoms with Crippen LogP contribution in [0.4, 0.5) is 4.39 Å². The van der Waals surface area contributed by atoms with Gasteiger partial charge in [-0.05, 0) is 51.1 Å². The second-order valence-electron chi connectivity index (χ2n) is 6.80. The van der Waals surface area contributed by atoms with Crippen LogP contribution >= 0.6 is 23.1 Å². The summed E-state index contributed by atoms with van der Waals surface area (Å²) < 4.78 is 20.8. The highest BCUT2D eigenvalue weighted by atomic mass is 32.2. The fraction of sp³-hybridized carbons (Fsp3) is 0.238. The van der Waals surface area contributed by atoms with Crippen LogP contribution in [0.5, 0.6) is 0 Å². The third kappa shape index (κ3) is 4.36. The molecule has 0 aliphatic rings. The van der Waals surface area contributed by atoms with Gasteiger partial charge in [-0.15, -0.1) is 21.5 Å². The van der Waals surface area contributed by atoms with Crippen molar-refractivity contribution in [2.75, 3.05) is 5.75 Å². The number of Topliss-reactive ketones (excluding diaryl/α,β-unsaturated/α-hetero) is 1. The van der Waals surface area contributed by atoms with E-state index in [-0.39, 0.29) is 17.4 Å². The molecule has 4 rings (SSSR count). The average Bonchev–Trinajstić information content (AvgIpc) is 3.41. The molecule has 0 spiro atoms. The Kier molecular flexibility index (Phi) is 5.83. The van der Waals surface area contributed by atoms with E-state index in [1.165, 1.54) is 23.9 Å². The fourth-order valence-corrected chi connectivity index (χ4v) is 4.53. The largest absolute Gasteiger partial charge is 0.416 e. The van der Waals surface area contributed by atoms with Gasteiger partial charge in [0.1, 0.15) is 5.82 Å². The maximum Gasteiger partial charge on any atom is 0.277 e. The van der Waals surface area contributed by atoms with E-state index in [9.17, 15) is 9.18 Å². The van der Waals surface area contributed by atoms with Gasteiger partial charge in [-0.2, -0.15) is 0 Å². The Balaban J connectivity index is 1.43. The first-order valence-electron chi connectivity index (χ1n) is 9.25. The molecule has 1 aromatic carbocycles. The van der Waals surface area contributed by atoms with Gasteiger partial charge in [-0.25, -0.2) is 9.37 Å². The standard InChI is InChI=1S/C21H19FN4O2S2/c1-12-8-18(13(2)26(12)17-6-4-15(22)5-7-17)19(27)11-30-21-25-24-20(28-21)9-16-10-29-14(3)23-16/h4-8,10H,9,11H2,1-3H3. The first-order chi connectivity index (χ1) is 14.4. The number of aromatic nitrogens is 4. The number of halogens is 1. The molecule has 3 aromatic heterocycles. The number of rotatable bonds is 7. The summed E-state index contributed by atoms with van der Waals surface area (Å²) in [4.78, 5) is 17.2. The van der Waals surface area contributed by atoms with Crippen LogP contribution < -0.4 is 0 Å². The van der Waals surface area contributed by atoms with Crippen LogP contribution in [0.3, 0.4) is 0 Å². The van der Waals surface area contributed by atoms with Gasteiger partial charge < -0.3 is 8.98 Å². The molecule has 0 aliphatic heterocycles. The van der Waals surface area contributed by atoms with Crippen LogP contribution in [-0.2, 0) is 6.42 Å². The molecular formula is C21H19FN4O2S2. The minimum Gasteiger partial charge on any atom is -0.416 e. The number of aryl methyl sites for hydroxylation is 2. The lowest BCUT2D eigenvalue weighted by atomic mass is 10.2. The van der Waals surface area contributed by atoms with Gasteiger partial charge in [-0.1, -0.05) is 11.8 Å². The van der Waals surface area contributed by atoms with Gasteiger partial charge in [0.2, 0.25) is 5.89 Å². The number of benzene rings is 1. The summed E-state index contributed by atoms with van der Waals surface area (Å²) in [6, 6.07) is 8.06. The van der Waals surface area contributed by atoms with E-state index in [2.05, 4.69) is 15.2 Å². The molecule has 0 radical (unpaired) electrons. The van der Waals surface area contributed by atoms with Gasteiger partial charge in [0, 0.05) is 28.0 Å². The summed E-state index contributed by atoms with van der Waals surface area (Å²) in [5, 5.41) is 11.4. The lowest BCUT2D eigenvalue weighted by Crippen LogP contribution is -2.05. The quantitative estimate of drug-likeness (QED) is 0.298. The Morgan fingerprint density at radius 3 is 2.67 bits per heavy atom. The molecule has 30 heavy (non-hydrogen) atoms. The van der Waals surface area contributed by atoms with Crippen LogP contribution in [0.25, 0.3) is 5.69 Å². The smallest absolute Gasteiger partial charge is 0.277 e. The first kappa shape index (κ1) is 20.5. The van der Waals surface area contributed by atoms with Crippen molar-refractivity contribution in [1.29, 1.82) is 0 Å². The van der Waals surface area contributed by atoms with Crippen LogP contribution in [0.1, 0.15) is 38.3 Å². The topological polar surface area (TPSA) is 73.8 Å². The molecule has 4 aromatic rings. The van der Waals surface area contributed by atoms with Gasteiger partial charge in [-0.3, -0.25) is 4.79 Å². The molecule has 0 saturated carbocycles. The van der Waals surface area contributed by atoms with E-state index < -0.39 is 0 Å². The number of thiazole rings is 1. The zero-order valence-corrected chi connectivity index (χ0v) is 18.3. The van der Waals surface area contributed by atoms with Crippen LogP contribution in [0.15, 0.2) is 45.4 Å². The summed E-state index contributed by atoms with van der Waals surface area (Å²) in [5.74, 6) is 0.337. The van der Waals surface area contributed by atoms with E-state index in [0.717, 1.165) is 27.8 Å². The van der Waals surface area contributed by atoms with E-state index in [1.807, 2.05) is 36.8 Å². The molecule has 0 amide bonds. The number of thioether (sulfide) groups is 1. The highest BCUT2D eigenvalue weighted by molar-refractivity contribution is 7.99. The molecule has 154 valence electrons. The average molecular weight is 443 g/mol. The number of nitrogens with zero attached hydrogens (tertiary/aromatic N) is 4. The Labute approximate surface area is 181 Å². The minimum absolute atomic E-state index is 0.0312. The minimum atomic E-state index is -0.294. The number of carbonyl (C=O) groups excluding carboxylic acids is 1. The summed E-state index contributed by atoms with van der Waals surface area (Å²) in [6.45, 7) is 5.75. The number of carbonyl (C=O) groups is 1. The van der Waals surface area contributed by atoms with Crippen molar-refractivity contribution in [2.45, 2.75) is 32.4 Å². The van der Waals surface area contributed by atoms with Gasteiger partial charge >= 0.3 is 0 Å². The highest BCUT2D eigenvalue weighted by Crippen LogP contribution is 2.24. The second kappa shape index (κ2) is 8.53. The van der Waals surface area contributed by atoms with E-state index in [0.29, 0.717) is 23.1 Å². The highest BCUT2D eigenvalue weighted by Gasteiger charge is 2.18. The summed E-state index contributed by atoms with van der Waals surface area (Å²) in [6.07, 6.45) is 0.477. The van der Waals surface area contributed by atoms with Gasteiger partial charge in [0.25, 0.3) is 5.22 Å². The maximum atomic E-state index is 13.2. The Bertz CT molecular complexity index is 1190. The van der Waals surface area contributed by atoms with Crippen molar-refractivity contribution >= 4 is 28.9 Å². The van der Waals surface area contributed by atoms with Crippen molar-refractivity contribution in [3.63, 3.8) is 0 Å². The molecule has 3 heterocycles. The Morgan fingerprint density at radius 2 is 1.97 bits per heavy atom. The fourth-order valence-electron chi connectivity index (χ4n) is 3.25. The Morgan fingerprint density at radius 1 is 1.20 bits per heavy atom. The van der Waals surface area contributed by atoms with Crippen molar-refractivity contribution in [3.05, 3.63) is 75.1 Å². The molecule has 0 saturated heterocycles. The summed E-state index contributed by atoms with van der Waals surface area (Å²) in [5.41, 5.74) is 4.06. The number of hydrogen-bond acceptors (Lipinski definition) is 7. The van der Waals surface area contributed by atoms with Crippen molar-refractivity contribution < 1.29 is 13.6 Å². The normalized spacial score (nSPS) is 11.2. The molecule has 0 aliphatic carbocycles. The molecule has 0 atom stereocenters. The molecule has 9 heteroatoms. The van der Waals surface area contributed by atoms with Crippen molar-refractivity contribution in [3.8, 4) is 5.69 Å². The van der Waals surface area contributed by atoms with Crippen LogP contribution in [0.2, 0.25) is 0 Å². The molecule has 0 N–H and O–H groups in total. The molecular weight excluding hydrogens is 423 g/mol. The van der Waals surface area contributed by atoms with Gasteiger partial charge in [0.15, 0.2) is 5.78 Å². The van der Waals surface area contributed by atoms with Crippen molar-refractivity contribution in [2.24, 2.45) is 0 Å².